The third kappa shape index (κ3) is 5.44. The van der Waals surface area contributed by atoms with Crippen molar-refractivity contribution < 1.29 is 9.53 Å². The van der Waals surface area contributed by atoms with Gasteiger partial charge in [-0.2, -0.15) is 0 Å². The van der Waals surface area contributed by atoms with E-state index in [9.17, 15) is 4.79 Å². The predicted octanol–water partition coefficient (Wildman–Crippen LogP) is 3.12. The van der Waals surface area contributed by atoms with Crippen LogP contribution in [-0.4, -0.2) is 55.6 Å². The minimum Gasteiger partial charge on any atom is -0.493 e. The van der Waals surface area contributed by atoms with E-state index in [0.29, 0.717) is 23.8 Å². The van der Waals surface area contributed by atoms with Crippen LogP contribution in [0.25, 0.3) is 0 Å². The molecule has 0 unspecified atom stereocenters. The third-order valence-corrected chi connectivity index (χ3v) is 4.53. The molecule has 144 valence electrons. The van der Waals surface area contributed by atoms with Crippen LogP contribution >= 0.6 is 0 Å². The number of piperazine rings is 1. The number of carbonyl (C=O) groups excluding carboxylic acids is 1. The number of likely N-dealkylation sites (N-methyl/N-ethyl adjacent to an activating group) is 1. The molecule has 1 saturated heterocycles. The Balaban J connectivity index is 1.56. The summed E-state index contributed by atoms with van der Waals surface area (Å²) in [4.78, 5) is 21.5. The van der Waals surface area contributed by atoms with E-state index in [0.717, 1.165) is 37.7 Å². The Hall–Kier alpha value is -2.60. The van der Waals surface area contributed by atoms with Crippen molar-refractivity contribution >= 4 is 17.4 Å². The fourth-order valence-electron chi connectivity index (χ4n) is 2.85. The number of anilines is 2. The lowest BCUT2D eigenvalue weighted by atomic mass is 10.2. The summed E-state index contributed by atoms with van der Waals surface area (Å²) in [6.07, 6.45) is 1.71. The second-order valence-electron chi connectivity index (χ2n) is 7.38. The smallest absolute Gasteiger partial charge is 0.255 e. The van der Waals surface area contributed by atoms with Crippen molar-refractivity contribution in [1.82, 2.24) is 9.88 Å². The van der Waals surface area contributed by atoms with Gasteiger partial charge >= 0.3 is 0 Å². The SMILES string of the molecule is CC(C)COc1ccc(C(=O)Nc2ccc(N3CCN(C)CC3)nc2)cc1. The standard InChI is InChI=1S/C21H28N4O2/c1-16(2)15-27-19-7-4-17(5-8-19)21(26)23-18-6-9-20(22-14-18)25-12-10-24(3)11-13-25/h4-9,14,16H,10-13,15H2,1-3H3,(H,23,26). The van der Waals surface area contributed by atoms with Gasteiger partial charge in [-0.3, -0.25) is 4.79 Å². The summed E-state index contributed by atoms with van der Waals surface area (Å²) in [5, 5.41) is 2.90. The van der Waals surface area contributed by atoms with Crippen LogP contribution in [0.15, 0.2) is 42.6 Å². The number of amides is 1. The first-order valence-electron chi connectivity index (χ1n) is 9.45. The number of hydrogen-bond acceptors (Lipinski definition) is 5. The van der Waals surface area contributed by atoms with Crippen LogP contribution in [0.5, 0.6) is 5.75 Å². The van der Waals surface area contributed by atoms with Gasteiger partial charge in [-0.1, -0.05) is 13.8 Å². The second kappa shape index (κ2) is 8.86. The molecule has 0 atom stereocenters. The first-order chi connectivity index (χ1) is 13.0. The van der Waals surface area contributed by atoms with Gasteiger partial charge in [0.05, 0.1) is 18.5 Å². The molecule has 0 spiro atoms. The molecule has 1 amide bonds. The van der Waals surface area contributed by atoms with Crippen molar-refractivity contribution in [2.45, 2.75) is 13.8 Å². The van der Waals surface area contributed by atoms with Crippen LogP contribution in [0.3, 0.4) is 0 Å². The Morgan fingerprint density at radius 3 is 2.41 bits per heavy atom. The van der Waals surface area contributed by atoms with Gasteiger partial charge in [0.2, 0.25) is 0 Å². The molecule has 3 rings (SSSR count). The molecule has 2 heterocycles. The summed E-state index contributed by atoms with van der Waals surface area (Å²) in [6.45, 7) is 8.89. The average molecular weight is 368 g/mol. The monoisotopic (exact) mass is 368 g/mol. The molecule has 0 saturated carbocycles. The summed E-state index contributed by atoms with van der Waals surface area (Å²) in [6, 6.07) is 11.1. The van der Waals surface area contributed by atoms with Crippen molar-refractivity contribution in [2.24, 2.45) is 5.92 Å². The lowest BCUT2D eigenvalue weighted by molar-refractivity contribution is 0.102. The molecule has 27 heavy (non-hydrogen) atoms. The van der Waals surface area contributed by atoms with Gasteiger partial charge in [0.1, 0.15) is 11.6 Å². The van der Waals surface area contributed by atoms with Gasteiger partial charge in [0, 0.05) is 31.7 Å². The van der Waals surface area contributed by atoms with Gasteiger partial charge in [-0.05, 0) is 49.4 Å². The van der Waals surface area contributed by atoms with E-state index in [1.165, 1.54) is 0 Å². The molecule has 0 radical (unpaired) electrons. The summed E-state index contributed by atoms with van der Waals surface area (Å²) >= 11 is 0. The lowest BCUT2D eigenvalue weighted by Crippen LogP contribution is -2.44. The molecular formula is C21H28N4O2. The van der Waals surface area contributed by atoms with Gasteiger partial charge < -0.3 is 19.9 Å². The number of benzene rings is 1. The van der Waals surface area contributed by atoms with Crippen molar-refractivity contribution in [3.05, 3.63) is 48.2 Å². The number of carbonyl (C=O) groups is 1. The average Bonchev–Trinajstić information content (AvgIpc) is 2.68. The highest BCUT2D eigenvalue weighted by molar-refractivity contribution is 6.04. The number of hydrogen-bond donors (Lipinski definition) is 1. The molecule has 6 heteroatoms. The maximum absolute atomic E-state index is 12.4. The Bertz CT molecular complexity index is 736. The molecular weight excluding hydrogens is 340 g/mol. The zero-order chi connectivity index (χ0) is 19.2. The fourth-order valence-corrected chi connectivity index (χ4v) is 2.85. The molecule has 1 aromatic carbocycles. The van der Waals surface area contributed by atoms with E-state index in [-0.39, 0.29) is 5.91 Å². The zero-order valence-electron chi connectivity index (χ0n) is 16.3. The Morgan fingerprint density at radius 1 is 1.11 bits per heavy atom. The minimum atomic E-state index is -0.153. The molecule has 1 aromatic heterocycles. The molecule has 1 aliphatic rings. The quantitative estimate of drug-likeness (QED) is 0.849. The van der Waals surface area contributed by atoms with Crippen LogP contribution in [0.2, 0.25) is 0 Å². The van der Waals surface area contributed by atoms with Crippen LogP contribution < -0.4 is 15.0 Å². The highest BCUT2D eigenvalue weighted by atomic mass is 16.5. The second-order valence-corrected chi connectivity index (χ2v) is 7.38. The molecule has 1 aliphatic heterocycles. The van der Waals surface area contributed by atoms with E-state index in [2.05, 4.69) is 41.0 Å². The summed E-state index contributed by atoms with van der Waals surface area (Å²) < 4.78 is 5.65. The maximum Gasteiger partial charge on any atom is 0.255 e. The molecule has 1 fully saturated rings. The first kappa shape index (κ1) is 19.2. The van der Waals surface area contributed by atoms with Crippen LogP contribution in [0.4, 0.5) is 11.5 Å². The molecule has 0 bridgehead atoms. The van der Waals surface area contributed by atoms with E-state index in [1.807, 2.05) is 24.3 Å². The summed E-state index contributed by atoms with van der Waals surface area (Å²) in [7, 11) is 2.13. The predicted molar refractivity (Wildman–Crippen MR) is 109 cm³/mol. The van der Waals surface area contributed by atoms with Gasteiger partial charge in [-0.15, -0.1) is 0 Å². The highest BCUT2D eigenvalue weighted by Crippen LogP contribution is 2.18. The zero-order valence-corrected chi connectivity index (χ0v) is 16.3. The normalized spacial score (nSPS) is 15.0. The summed E-state index contributed by atoms with van der Waals surface area (Å²) in [5.41, 5.74) is 1.29. The van der Waals surface area contributed by atoms with Gasteiger partial charge in [-0.25, -0.2) is 4.98 Å². The fraction of sp³-hybridized carbons (Fsp3) is 0.429. The lowest BCUT2D eigenvalue weighted by Gasteiger charge is -2.33. The van der Waals surface area contributed by atoms with E-state index < -0.39 is 0 Å². The van der Waals surface area contributed by atoms with E-state index >= 15 is 0 Å². The third-order valence-electron chi connectivity index (χ3n) is 4.53. The Labute approximate surface area is 161 Å². The van der Waals surface area contributed by atoms with Gasteiger partial charge in [0.15, 0.2) is 0 Å². The number of nitrogens with zero attached hydrogens (tertiary/aromatic N) is 3. The molecule has 2 aromatic rings. The largest absolute Gasteiger partial charge is 0.493 e. The van der Waals surface area contributed by atoms with Gasteiger partial charge in [0.25, 0.3) is 5.91 Å². The minimum absolute atomic E-state index is 0.153. The van der Waals surface area contributed by atoms with Crippen LogP contribution in [-0.2, 0) is 0 Å². The first-order valence-corrected chi connectivity index (χ1v) is 9.45. The van der Waals surface area contributed by atoms with Crippen molar-refractivity contribution in [3.63, 3.8) is 0 Å². The summed E-state index contributed by atoms with van der Waals surface area (Å²) in [5.74, 6) is 2.04. The molecule has 6 nitrogen and oxygen atoms in total. The van der Waals surface area contributed by atoms with E-state index in [4.69, 9.17) is 4.74 Å². The Kier molecular flexibility index (Phi) is 6.29. The maximum atomic E-state index is 12.4. The highest BCUT2D eigenvalue weighted by Gasteiger charge is 2.15. The van der Waals surface area contributed by atoms with Crippen molar-refractivity contribution in [3.8, 4) is 5.75 Å². The number of aromatic nitrogens is 1. The number of rotatable bonds is 6. The van der Waals surface area contributed by atoms with Crippen molar-refractivity contribution in [1.29, 1.82) is 0 Å². The Morgan fingerprint density at radius 2 is 1.81 bits per heavy atom. The number of pyridine rings is 1. The van der Waals surface area contributed by atoms with Crippen LogP contribution in [0.1, 0.15) is 24.2 Å². The van der Waals surface area contributed by atoms with E-state index in [1.54, 1.807) is 18.3 Å². The number of ether oxygens (including phenoxy) is 1. The molecule has 1 N–H and O–H groups in total. The number of nitrogens with one attached hydrogen (secondary N) is 1. The van der Waals surface area contributed by atoms with Crippen molar-refractivity contribution in [2.75, 3.05) is 50.1 Å². The topological polar surface area (TPSA) is 57.7 Å². The van der Waals surface area contributed by atoms with Crippen LogP contribution in [0, 0.1) is 5.92 Å². The molecule has 0 aliphatic carbocycles.